The largest absolute Gasteiger partial charge is 0.378 e. The molecule has 0 radical (unpaired) electrons. The Bertz CT molecular complexity index is 218. The van der Waals surface area contributed by atoms with Crippen molar-refractivity contribution >= 4 is 11.7 Å². The van der Waals surface area contributed by atoms with Gasteiger partial charge in [0.1, 0.15) is 5.78 Å². The van der Waals surface area contributed by atoms with Gasteiger partial charge in [-0.15, -0.1) is 0 Å². The summed E-state index contributed by atoms with van der Waals surface area (Å²) in [6.07, 6.45) is 3.48. The van der Waals surface area contributed by atoms with Crippen LogP contribution in [0.4, 0.5) is 0 Å². The molecule has 1 amide bonds. The first kappa shape index (κ1) is 12.2. The second-order valence-corrected chi connectivity index (χ2v) is 3.81. The van der Waals surface area contributed by atoms with Crippen molar-refractivity contribution in [1.29, 1.82) is 0 Å². The molecule has 0 aromatic heterocycles. The molecule has 1 N–H and O–H groups in total. The maximum absolute atomic E-state index is 11.1. The summed E-state index contributed by atoms with van der Waals surface area (Å²) in [6.45, 7) is 3.02. The second kappa shape index (κ2) is 6.56. The minimum Gasteiger partial charge on any atom is -0.378 e. The molecular formula is C11H19NO3. The molecule has 15 heavy (non-hydrogen) atoms. The highest BCUT2D eigenvalue weighted by atomic mass is 16.5. The predicted octanol–water partition coefficient (Wildman–Crippen LogP) is 1.04. The average Bonchev–Trinajstić information content (AvgIpc) is 2.21. The SMILES string of the molecule is CCNC(=O)CCOC1CCC(=O)CC1. The van der Waals surface area contributed by atoms with E-state index in [1.165, 1.54) is 0 Å². The molecule has 1 aliphatic rings. The summed E-state index contributed by atoms with van der Waals surface area (Å²) >= 11 is 0. The molecule has 0 heterocycles. The third kappa shape index (κ3) is 4.93. The average molecular weight is 213 g/mol. The van der Waals surface area contributed by atoms with E-state index in [1.807, 2.05) is 6.92 Å². The highest BCUT2D eigenvalue weighted by Gasteiger charge is 2.18. The molecule has 1 fully saturated rings. The van der Waals surface area contributed by atoms with Crippen molar-refractivity contribution < 1.29 is 14.3 Å². The van der Waals surface area contributed by atoms with Gasteiger partial charge >= 0.3 is 0 Å². The van der Waals surface area contributed by atoms with Gasteiger partial charge in [-0.3, -0.25) is 9.59 Å². The monoisotopic (exact) mass is 213 g/mol. The van der Waals surface area contributed by atoms with E-state index < -0.39 is 0 Å². The van der Waals surface area contributed by atoms with Crippen LogP contribution in [0.3, 0.4) is 0 Å². The Morgan fingerprint density at radius 1 is 1.47 bits per heavy atom. The van der Waals surface area contributed by atoms with Gasteiger partial charge in [0.15, 0.2) is 0 Å². The van der Waals surface area contributed by atoms with Crippen LogP contribution in [0.15, 0.2) is 0 Å². The smallest absolute Gasteiger partial charge is 0.222 e. The summed E-state index contributed by atoms with van der Waals surface area (Å²) in [5.74, 6) is 0.364. The first-order valence-electron chi connectivity index (χ1n) is 5.62. The zero-order valence-corrected chi connectivity index (χ0v) is 9.25. The van der Waals surface area contributed by atoms with Gasteiger partial charge in [0.25, 0.3) is 0 Å². The van der Waals surface area contributed by atoms with Crippen molar-refractivity contribution in [3.63, 3.8) is 0 Å². The zero-order chi connectivity index (χ0) is 11.1. The van der Waals surface area contributed by atoms with E-state index in [0.29, 0.717) is 38.2 Å². The second-order valence-electron chi connectivity index (χ2n) is 3.81. The van der Waals surface area contributed by atoms with E-state index in [1.54, 1.807) is 0 Å². The number of Topliss-reactive ketones (excluding diaryl/α,β-unsaturated/α-hetero) is 1. The van der Waals surface area contributed by atoms with Gasteiger partial charge in [0.05, 0.1) is 12.7 Å². The van der Waals surface area contributed by atoms with Crippen LogP contribution >= 0.6 is 0 Å². The van der Waals surface area contributed by atoms with Crippen molar-refractivity contribution in [3.05, 3.63) is 0 Å². The maximum atomic E-state index is 11.1. The Balaban J connectivity index is 2.05. The van der Waals surface area contributed by atoms with E-state index in [-0.39, 0.29) is 12.0 Å². The third-order valence-electron chi connectivity index (χ3n) is 2.55. The predicted molar refractivity (Wildman–Crippen MR) is 56.5 cm³/mol. The molecule has 0 aromatic carbocycles. The Morgan fingerprint density at radius 2 is 2.13 bits per heavy atom. The molecule has 0 unspecified atom stereocenters. The molecule has 4 heteroatoms. The molecule has 0 saturated heterocycles. The summed E-state index contributed by atoms with van der Waals surface area (Å²) in [6, 6.07) is 0. The molecule has 1 saturated carbocycles. The fourth-order valence-electron chi connectivity index (χ4n) is 1.68. The van der Waals surface area contributed by atoms with Crippen LogP contribution in [0.2, 0.25) is 0 Å². The van der Waals surface area contributed by atoms with Crippen LogP contribution in [0, 0.1) is 0 Å². The van der Waals surface area contributed by atoms with Gasteiger partial charge in [-0.25, -0.2) is 0 Å². The number of rotatable bonds is 5. The van der Waals surface area contributed by atoms with Crippen molar-refractivity contribution in [2.24, 2.45) is 0 Å². The molecule has 1 aliphatic carbocycles. The van der Waals surface area contributed by atoms with Crippen molar-refractivity contribution in [2.75, 3.05) is 13.2 Å². The summed E-state index contributed by atoms with van der Waals surface area (Å²) in [5, 5.41) is 2.72. The lowest BCUT2D eigenvalue weighted by atomic mass is 9.96. The number of ketones is 1. The number of ether oxygens (including phenoxy) is 1. The fraction of sp³-hybridized carbons (Fsp3) is 0.818. The molecule has 0 atom stereocenters. The van der Waals surface area contributed by atoms with E-state index >= 15 is 0 Å². The van der Waals surface area contributed by atoms with E-state index in [4.69, 9.17) is 4.74 Å². The zero-order valence-electron chi connectivity index (χ0n) is 9.25. The first-order valence-corrected chi connectivity index (χ1v) is 5.62. The van der Waals surface area contributed by atoms with E-state index in [2.05, 4.69) is 5.32 Å². The van der Waals surface area contributed by atoms with Crippen LogP contribution in [-0.2, 0) is 14.3 Å². The van der Waals surface area contributed by atoms with Gasteiger partial charge in [-0.1, -0.05) is 0 Å². The summed E-state index contributed by atoms with van der Waals surface area (Å²) in [4.78, 5) is 22.0. The number of nitrogens with one attached hydrogen (secondary N) is 1. The quantitative estimate of drug-likeness (QED) is 0.742. The van der Waals surface area contributed by atoms with Gasteiger partial charge in [-0.05, 0) is 19.8 Å². The number of amides is 1. The summed E-state index contributed by atoms with van der Waals surface area (Å²) in [5.41, 5.74) is 0. The van der Waals surface area contributed by atoms with Crippen molar-refractivity contribution in [1.82, 2.24) is 5.32 Å². The van der Waals surface area contributed by atoms with Crippen LogP contribution in [0.25, 0.3) is 0 Å². The lowest BCUT2D eigenvalue weighted by Crippen LogP contribution is -2.26. The van der Waals surface area contributed by atoms with Gasteiger partial charge < -0.3 is 10.1 Å². The minimum absolute atomic E-state index is 0.0318. The molecule has 0 aromatic rings. The Morgan fingerprint density at radius 3 is 2.73 bits per heavy atom. The van der Waals surface area contributed by atoms with Crippen molar-refractivity contribution in [3.8, 4) is 0 Å². The van der Waals surface area contributed by atoms with Crippen molar-refractivity contribution in [2.45, 2.75) is 45.1 Å². The lowest BCUT2D eigenvalue weighted by Gasteiger charge is -2.21. The number of carbonyl (C=O) groups excluding carboxylic acids is 2. The molecule has 0 bridgehead atoms. The van der Waals surface area contributed by atoms with Crippen LogP contribution in [0.5, 0.6) is 0 Å². The Kier molecular flexibility index (Phi) is 5.32. The standard InChI is InChI=1S/C11H19NO3/c1-2-12-11(14)7-8-15-10-5-3-9(13)4-6-10/h10H,2-8H2,1H3,(H,12,14). The van der Waals surface area contributed by atoms with Crippen LogP contribution < -0.4 is 5.32 Å². The molecule has 1 rings (SSSR count). The molecule has 0 aliphatic heterocycles. The number of hydrogen-bond donors (Lipinski definition) is 1. The molecule has 4 nitrogen and oxygen atoms in total. The Labute approximate surface area is 90.4 Å². The highest BCUT2D eigenvalue weighted by molar-refractivity contribution is 5.79. The fourth-order valence-corrected chi connectivity index (χ4v) is 1.68. The van der Waals surface area contributed by atoms with Gasteiger partial charge in [0, 0.05) is 25.8 Å². The highest BCUT2D eigenvalue weighted by Crippen LogP contribution is 2.17. The normalized spacial score (nSPS) is 17.8. The summed E-state index contributed by atoms with van der Waals surface area (Å²) < 4.78 is 5.54. The third-order valence-corrected chi connectivity index (χ3v) is 2.55. The number of hydrogen-bond acceptors (Lipinski definition) is 3. The number of carbonyl (C=O) groups is 2. The summed E-state index contributed by atoms with van der Waals surface area (Å²) in [7, 11) is 0. The van der Waals surface area contributed by atoms with Gasteiger partial charge in [-0.2, -0.15) is 0 Å². The molecular weight excluding hydrogens is 194 g/mol. The molecule has 86 valence electrons. The maximum Gasteiger partial charge on any atom is 0.222 e. The van der Waals surface area contributed by atoms with Crippen LogP contribution in [0.1, 0.15) is 39.0 Å². The topological polar surface area (TPSA) is 55.4 Å². The Hall–Kier alpha value is -0.900. The van der Waals surface area contributed by atoms with Crippen LogP contribution in [-0.4, -0.2) is 30.9 Å². The lowest BCUT2D eigenvalue weighted by molar-refractivity contribution is -0.126. The minimum atomic E-state index is 0.0318. The first-order chi connectivity index (χ1) is 7.22. The van der Waals surface area contributed by atoms with E-state index in [9.17, 15) is 9.59 Å². The van der Waals surface area contributed by atoms with E-state index in [0.717, 1.165) is 12.8 Å². The van der Waals surface area contributed by atoms with Gasteiger partial charge in [0.2, 0.25) is 5.91 Å². The molecule has 0 spiro atoms.